The molecule has 0 N–H and O–H groups in total. The molecule has 0 radical (unpaired) electrons. The molecule has 4 heteroatoms. The predicted molar refractivity (Wildman–Crippen MR) is 73.9 cm³/mol. The Balaban J connectivity index is 2.32. The second-order valence-corrected chi connectivity index (χ2v) is 4.05. The number of hydrogen-bond donors (Lipinski definition) is 0. The zero-order valence-electron chi connectivity index (χ0n) is 10.6. The van der Waals surface area contributed by atoms with Gasteiger partial charge in [-0.15, -0.1) is 0 Å². The molecule has 0 aliphatic carbocycles. The molecule has 0 unspecified atom stereocenters. The Morgan fingerprint density at radius 2 is 1.79 bits per heavy atom. The van der Waals surface area contributed by atoms with E-state index in [1.54, 1.807) is 0 Å². The zero-order valence-corrected chi connectivity index (χ0v) is 10.6. The first-order chi connectivity index (χ1) is 9.40. The summed E-state index contributed by atoms with van der Waals surface area (Å²) in [6.07, 6.45) is 3.00. The van der Waals surface area contributed by atoms with E-state index >= 15 is 0 Å². The molecule has 19 heavy (non-hydrogen) atoms. The second kappa shape index (κ2) is 5.02. The Morgan fingerprint density at radius 1 is 1.00 bits per heavy atom. The molecule has 0 bridgehead atoms. The fraction of sp³-hybridized carbons (Fsp3) is 0.133. The maximum Gasteiger partial charge on any atom is 0.167 e. The van der Waals surface area contributed by atoms with E-state index in [-0.39, 0.29) is 0 Å². The summed E-state index contributed by atoms with van der Waals surface area (Å²) >= 11 is 0. The van der Waals surface area contributed by atoms with Crippen LogP contribution < -0.4 is 4.74 Å². The van der Waals surface area contributed by atoms with Crippen LogP contribution >= 0.6 is 0 Å². The molecule has 0 saturated heterocycles. The van der Waals surface area contributed by atoms with E-state index in [9.17, 15) is 0 Å². The third kappa shape index (κ3) is 2.12. The molecule has 94 valence electrons. The van der Waals surface area contributed by atoms with Crippen molar-refractivity contribution in [3.8, 4) is 17.1 Å². The van der Waals surface area contributed by atoms with Crippen LogP contribution in [0.5, 0.6) is 5.75 Å². The number of aromatic nitrogens is 3. The molecule has 0 spiro atoms. The van der Waals surface area contributed by atoms with E-state index in [4.69, 9.17) is 4.74 Å². The monoisotopic (exact) mass is 251 g/mol. The van der Waals surface area contributed by atoms with E-state index < -0.39 is 0 Å². The first kappa shape index (κ1) is 11.6. The first-order valence-electron chi connectivity index (χ1n) is 6.17. The third-order valence-electron chi connectivity index (χ3n) is 2.91. The molecule has 1 aromatic heterocycles. The van der Waals surface area contributed by atoms with Crippen molar-refractivity contribution in [1.29, 1.82) is 0 Å². The van der Waals surface area contributed by atoms with E-state index in [0.717, 1.165) is 22.1 Å². The normalized spacial score (nSPS) is 10.6. The standard InChI is InChI=1S/C15H13N3O/c1-2-19-13-8-7-11-5-3-4-6-12(11)14(13)15-17-9-16-10-18-15/h3-10H,2H2,1H3. The molecule has 0 atom stereocenters. The predicted octanol–water partition coefficient (Wildman–Crippen LogP) is 3.09. The van der Waals surface area contributed by atoms with Crippen LogP contribution in [0.1, 0.15) is 6.92 Å². The van der Waals surface area contributed by atoms with Gasteiger partial charge in [0, 0.05) is 0 Å². The molecule has 2 aromatic carbocycles. The smallest absolute Gasteiger partial charge is 0.167 e. The van der Waals surface area contributed by atoms with Gasteiger partial charge < -0.3 is 4.74 Å². The maximum absolute atomic E-state index is 5.70. The van der Waals surface area contributed by atoms with Crippen molar-refractivity contribution >= 4 is 10.8 Å². The van der Waals surface area contributed by atoms with Gasteiger partial charge in [0.25, 0.3) is 0 Å². The lowest BCUT2D eigenvalue weighted by Crippen LogP contribution is -1.97. The van der Waals surface area contributed by atoms with Gasteiger partial charge in [-0.2, -0.15) is 0 Å². The van der Waals surface area contributed by atoms with Gasteiger partial charge in [0.2, 0.25) is 0 Å². The van der Waals surface area contributed by atoms with Gasteiger partial charge in [-0.1, -0.05) is 30.3 Å². The Bertz CT molecular complexity index is 698. The highest BCUT2D eigenvalue weighted by Crippen LogP contribution is 2.34. The molecule has 1 heterocycles. The van der Waals surface area contributed by atoms with Crippen molar-refractivity contribution in [1.82, 2.24) is 15.0 Å². The van der Waals surface area contributed by atoms with Crippen molar-refractivity contribution in [2.24, 2.45) is 0 Å². The SMILES string of the molecule is CCOc1ccc2ccccc2c1-c1ncncn1. The lowest BCUT2D eigenvalue weighted by atomic mass is 10.0. The minimum atomic E-state index is 0.608. The average Bonchev–Trinajstić information content (AvgIpc) is 2.48. The molecule has 0 amide bonds. The molecule has 0 fully saturated rings. The molecule has 3 rings (SSSR count). The first-order valence-corrected chi connectivity index (χ1v) is 6.17. The Morgan fingerprint density at radius 3 is 2.58 bits per heavy atom. The van der Waals surface area contributed by atoms with E-state index in [0.29, 0.717) is 12.4 Å². The molecule has 0 aliphatic heterocycles. The van der Waals surface area contributed by atoms with E-state index in [2.05, 4.69) is 27.1 Å². The summed E-state index contributed by atoms with van der Waals surface area (Å²) in [5, 5.41) is 2.22. The summed E-state index contributed by atoms with van der Waals surface area (Å²) in [6.45, 7) is 2.57. The van der Waals surface area contributed by atoms with Crippen LogP contribution in [0.4, 0.5) is 0 Å². The Labute approximate surface area is 111 Å². The minimum absolute atomic E-state index is 0.608. The summed E-state index contributed by atoms with van der Waals surface area (Å²) in [6, 6.07) is 12.1. The van der Waals surface area contributed by atoms with Gasteiger partial charge in [-0.3, -0.25) is 0 Å². The van der Waals surface area contributed by atoms with Crippen LogP contribution in [0.25, 0.3) is 22.2 Å². The van der Waals surface area contributed by atoms with Crippen molar-refractivity contribution in [3.05, 3.63) is 49.1 Å². The van der Waals surface area contributed by atoms with Gasteiger partial charge in [-0.05, 0) is 23.8 Å². The van der Waals surface area contributed by atoms with E-state index in [1.165, 1.54) is 12.7 Å². The minimum Gasteiger partial charge on any atom is -0.493 e. The van der Waals surface area contributed by atoms with Gasteiger partial charge >= 0.3 is 0 Å². The molecular formula is C15H13N3O. The molecule has 3 aromatic rings. The van der Waals surface area contributed by atoms with Crippen LogP contribution in [-0.4, -0.2) is 21.6 Å². The highest BCUT2D eigenvalue weighted by molar-refractivity contribution is 5.98. The van der Waals surface area contributed by atoms with Gasteiger partial charge in [0.1, 0.15) is 18.4 Å². The fourth-order valence-corrected chi connectivity index (χ4v) is 2.13. The largest absolute Gasteiger partial charge is 0.493 e. The quantitative estimate of drug-likeness (QED) is 0.717. The van der Waals surface area contributed by atoms with Gasteiger partial charge in [0.15, 0.2) is 5.82 Å². The Kier molecular flexibility index (Phi) is 3.06. The molecule has 0 aliphatic rings. The topological polar surface area (TPSA) is 47.9 Å². The highest BCUT2D eigenvalue weighted by Gasteiger charge is 2.12. The number of hydrogen-bond acceptors (Lipinski definition) is 4. The summed E-state index contributed by atoms with van der Waals surface area (Å²) in [4.78, 5) is 12.3. The second-order valence-electron chi connectivity index (χ2n) is 4.05. The van der Waals surface area contributed by atoms with Crippen molar-refractivity contribution < 1.29 is 4.74 Å². The molecule has 4 nitrogen and oxygen atoms in total. The average molecular weight is 251 g/mol. The van der Waals surface area contributed by atoms with E-state index in [1.807, 2.05) is 31.2 Å². The highest BCUT2D eigenvalue weighted by atomic mass is 16.5. The lowest BCUT2D eigenvalue weighted by molar-refractivity contribution is 0.342. The third-order valence-corrected chi connectivity index (χ3v) is 2.91. The van der Waals surface area contributed by atoms with Crippen LogP contribution in [0.3, 0.4) is 0 Å². The Hall–Kier alpha value is -2.49. The van der Waals surface area contributed by atoms with Crippen LogP contribution in [-0.2, 0) is 0 Å². The lowest BCUT2D eigenvalue weighted by Gasteiger charge is -2.11. The summed E-state index contributed by atoms with van der Waals surface area (Å²) < 4.78 is 5.70. The number of nitrogens with zero attached hydrogens (tertiary/aromatic N) is 3. The summed E-state index contributed by atoms with van der Waals surface area (Å²) in [5.74, 6) is 1.43. The fourth-order valence-electron chi connectivity index (χ4n) is 2.13. The number of ether oxygens (including phenoxy) is 1. The number of fused-ring (bicyclic) bond motifs is 1. The van der Waals surface area contributed by atoms with Crippen LogP contribution in [0.2, 0.25) is 0 Å². The summed E-state index contributed by atoms with van der Waals surface area (Å²) in [5.41, 5.74) is 0.919. The van der Waals surface area contributed by atoms with Crippen LogP contribution in [0, 0.1) is 0 Å². The summed E-state index contributed by atoms with van der Waals surface area (Å²) in [7, 11) is 0. The van der Waals surface area contributed by atoms with Gasteiger partial charge in [-0.25, -0.2) is 15.0 Å². The van der Waals surface area contributed by atoms with Crippen molar-refractivity contribution in [3.63, 3.8) is 0 Å². The molecular weight excluding hydrogens is 238 g/mol. The van der Waals surface area contributed by atoms with Crippen molar-refractivity contribution in [2.75, 3.05) is 6.61 Å². The molecule has 0 saturated carbocycles. The number of benzene rings is 2. The van der Waals surface area contributed by atoms with Crippen molar-refractivity contribution in [2.45, 2.75) is 6.92 Å². The zero-order chi connectivity index (χ0) is 13.1. The maximum atomic E-state index is 5.70. The number of rotatable bonds is 3. The van der Waals surface area contributed by atoms with Gasteiger partial charge in [0.05, 0.1) is 12.2 Å². The van der Waals surface area contributed by atoms with Crippen LogP contribution in [0.15, 0.2) is 49.1 Å².